The van der Waals surface area contributed by atoms with Gasteiger partial charge in [-0.3, -0.25) is 4.99 Å². The Morgan fingerprint density at radius 3 is 2.53 bits per heavy atom. The quantitative estimate of drug-likeness (QED) is 0.882. The minimum Gasteiger partial charge on any atom is -0.361 e. The summed E-state index contributed by atoms with van der Waals surface area (Å²) in [5.41, 5.74) is 1.27. The highest BCUT2D eigenvalue weighted by Crippen LogP contribution is 2.27. The molecule has 1 saturated heterocycles. The van der Waals surface area contributed by atoms with Crippen molar-refractivity contribution in [3.63, 3.8) is 0 Å². The van der Waals surface area contributed by atoms with Crippen LogP contribution in [0, 0.1) is 0 Å². The summed E-state index contributed by atoms with van der Waals surface area (Å²) in [6.07, 6.45) is 2.39. The monoisotopic (exact) mass is 248 g/mol. The molecule has 1 fully saturated rings. The molecule has 1 aromatic carbocycles. The second-order valence-corrected chi connectivity index (χ2v) is 5.56. The number of rotatable bonds is 4. The van der Waals surface area contributed by atoms with Gasteiger partial charge in [0.1, 0.15) is 0 Å². The Bertz CT molecular complexity index is 361. The summed E-state index contributed by atoms with van der Waals surface area (Å²) in [4.78, 5) is 4.66. The molecule has 2 rings (SSSR count). The maximum Gasteiger partial charge on any atom is 0.157 e. The predicted molar refractivity (Wildman–Crippen MR) is 76.5 cm³/mol. The maximum absolute atomic E-state index is 4.66. The molecule has 0 spiro atoms. The molecule has 92 valence electrons. The minimum atomic E-state index is 0.597. The van der Waals surface area contributed by atoms with Crippen molar-refractivity contribution in [1.82, 2.24) is 5.32 Å². The van der Waals surface area contributed by atoms with Gasteiger partial charge in [-0.05, 0) is 18.4 Å². The average molecular weight is 248 g/mol. The number of thioether (sulfide) groups is 1. The molecule has 0 radical (unpaired) electrons. The summed E-state index contributed by atoms with van der Waals surface area (Å²) in [5.74, 6) is 0. The molecule has 1 aliphatic heterocycles. The standard InChI is InChI=1S/C14H20N2S/c1-3-12-13(4-2)17-14(16-12)15-10-11-8-6-5-7-9-11/h5-9,12-13H,3-4,10H2,1-2H3,(H,15,16). The molecule has 1 aromatic rings. The van der Waals surface area contributed by atoms with E-state index in [-0.39, 0.29) is 0 Å². The van der Waals surface area contributed by atoms with Gasteiger partial charge in [0.05, 0.1) is 6.54 Å². The molecular formula is C14H20N2S. The summed E-state index contributed by atoms with van der Waals surface area (Å²) in [5, 5.41) is 5.33. The molecule has 2 nitrogen and oxygen atoms in total. The van der Waals surface area contributed by atoms with Crippen LogP contribution in [0.3, 0.4) is 0 Å². The van der Waals surface area contributed by atoms with Crippen LogP contribution in [0.2, 0.25) is 0 Å². The smallest absolute Gasteiger partial charge is 0.157 e. The molecule has 2 unspecified atom stereocenters. The number of nitrogens with zero attached hydrogens (tertiary/aromatic N) is 1. The molecule has 0 aromatic heterocycles. The van der Waals surface area contributed by atoms with E-state index in [9.17, 15) is 0 Å². The van der Waals surface area contributed by atoms with Crippen LogP contribution in [0.4, 0.5) is 0 Å². The summed E-state index contributed by atoms with van der Waals surface area (Å²) in [6, 6.07) is 11.0. The zero-order valence-corrected chi connectivity index (χ0v) is 11.3. The molecule has 3 heteroatoms. The van der Waals surface area contributed by atoms with E-state index in [1.54, 1.807) is 0 Å². The average Bonchev–Trinajstić information content (AvgIpc) is 2.80. The second-order valence-electron chi connectivity index (χ2n) is 4.33. The van der Waals surface area contributed by atoms with Crippen molar-refractivity contribution in [2.75, 3.05) is 0 Å². The first kappa shape index (κ1) is 12.5. The Morgan fingerprint density at radius 1 is 1.18 bits per heavy atom. The zero-order valence-electron chi connectivity index (χ0n) is 10.5. The van der Waals surface area contributed by atoms with E-state index in [0.29, 0.717) is 11.3 Å². The fourth-order valence-corrected chi connectivity index (χ4v) is 3.31. The van der Waals surface area contributed by atoms with E-state index in [0.717, 1.165) is 11.7 Å². The lowest BCUT2D eigenvalue weighted by Crippen LogP contribution is -2.30. The van der Waals surface area contributed by atoms with E-state index < -0.39 is 0 Å². The number of hydrogen-bond donors (Lipinski definition) is 1. The minimum absolute atomic E-state index is 0.597. The number of aliphatic imine (C=N–C) groups is 1. The van der Waals surface area contributed by atoms with Gasteiger partial charge in [-0.15, -0.1) is 0 Å². The Labute approximate surface area is 108 Å². The fraction of sp³-hybridized carbons (Fsp3) is 0.500. The number of amidine groups is 1. The molecule has 17 heavy (non-hydrogen) atoms. The molecule has 0 saturated carbocycles. The van der Waals surface area contributed by atoms with Crippen molar-refractivity contribution in [2.45, 2.75) is 44.5 Å². The summed E-state index contributed by atoms with van der Waals surface area (Å²) in [7, 11) is 0. The van der Waals surface area contributed by atoms with Gasteiger partial charge in [0.15, 0.2) is 5.17 Å². The first-order valence-corrected chi connectivity index (χ1v) is 7.23. The van der Waals surface area contributed by atoms with Crippen molar-refractivity contribution in [1.29, 1.82) is 0 Å². The topological polar surface area (TPSA) is 24.4 Å². The van der Waals surface area contributed by atoms with Crippen LogP contribution in [0.25, 0.3) is 0 Å². The van der Waals surface area contributed by atoms with Gasteiger partial charge in [0.25, 0.3) is 0 Å². The highest BCUT2D eigenvalue weighted by molar-refractivity contribution is 8.14. The third kappa shape index (κ3) is 3.25. The third-order valence-electron chi connectivity index (χ3n) is 3.11. The molecule has 1 heterocycles. The maximum atomic E-state index is 4.66. The Kier molecular flexibility index (Phi) is 4.49. The Balaban J connectivity index is 1.95. The summed E-state index contributed by atoms with van der Waals surface area (Å²) >= 11 is 1.90. The van der Waals surface area contributed by atoms with Crippen LogP contribution in [0.5, 0.6) is 0 Å². The highest BCUT2D eigenvalue weighted by Gasteiger charge is 2.28. The molecule has 1 aliphatic rings. The number of benzene rings is 1. The van der Waals surface area contributed by atoms with E-state index in [1.807, 2.05) is 17.8 Å². The van der Waals surface area contributed by atoms with Gasteiger partial charge in [-0.25, -0.2) is 0 Å². The molecule has 0 amide bonds. The van der Waals surface area contributed by atoms with Crippen LogP contribution in [-0.4, -0.2) is 16.5 Å². The molecular weight excluding hydrogens is 228 g/mol. The SMILES string of the molecule is CCC1NC(=NCc2ccccc2)SC1CC. The van der Waals surface area contributed by atoms with Gasteiger partial charge >= 0.3 is 0 Å². The number of hydrogen-bond acceptors (Lipinski definition) is 2. The van der Waals surface area contributed by atoms with Crippen molar-refractivity contribution < 1.29 is 0 Å². The summed E-state index contributed by atoms with van der Waals surface area (Å²) in [6.45, 7) is 5.27. The first-order valence-electron chi connectivity index (χ1n) is 6.35. The van der Waals surface area contributed by atoms with E-state index in [1.165, 1.54) is 18.4 Å². The highest BCUT2D eigenvalue weighted by atomic mass is 32.2. The van der Waals surface area contributed by atoms with Gasteiger partial charge in [-0.2, -0.15) is 0 Å². The summed E-state index contributed by atoms with van der Waals surface area (Å²) < 4.78 is 0. The van der Waals surface area contributed by atoms with Gasteiger partial charge in [-0.1, -0.05) is 55.9 Å². The number of nitrogens with one attached hydrogen (secondary N) is 1. The third-order valence-corrected chi connectivity index (χ3v) is 4.55. The Morgan fingerprint density at radius 2 is 1.94 bits per heavy atom. The van der Waals surface area contributed by atoms with E-state index in [2.05, 4.69) is 48.4 Å². The van der Waals surface area contributed by atoms with Crippen molar-refractivity contribution in [2.24, 2.45) is 4.99 Å². The van der Waals surface area contributed by atoms with E-state index >= 15 is 0 Å². The molecule has 0 bridgehead atoms. The molecule has 0 aliphatic carbocycles. The normalized spacial score (nSPS) is 26.1. The Hall–Kier alpha value is -0.960. The van der Waals surface area contributed by atoms with Gasteiger partial charge in [0.2, 0.25) is 0 Å². The molecule has 2 atom stereocenters. The van der Waals surface area contributed by atoms with Crippen molar-refractivity contribution >= 4 is 16.9 Å². The van der Waals surface area contributed by atoms with Crippen LogP contribution in [0.1, 0.15) is 32.3 Å². The van der Waals surface area contributed by atoms with Crippen molar-refractivity contribution in [3.05, 3.63) is 35.9 Å². The lowest BCUT2D eigenvalue weighted by molar-refractivity contribution is 0.567. The lowest BCUT2D eigenvalue weighted by Gasteiger charge is -2.12. The van der Waals surface area contributed by atoms with Crippen LogP contribution >= 0.6 is 11.8 Å². The largest absolute Gasteiger partial charge is 0.361 e. The molecule has 1 N–H and O–H groups in total. The van der Waals surface area contributed by atoms with Gasteiger partial charge in [0, 0.05) is 11.3 Å². The lowest BCUT2D eigenvalue weighted by atomic mass is 10.1. The predicted octanol–water partition coefficient (Wildman–Crippen LogP) is 3.44. The zero-order chi connectivity index (χ0) is 12.1. The van der Waals surface area contributed by atoms with E-state index in [4.69, 9.17) is 0 Å². The second kappa shape index (κ2) is 6.10. The van der Waals surface area contributed by atoms with Crippen LogP contribution in [0.15, 0.2) is 35.3 Å². The first-order chi connectivity index (χ1) is 8.33. The van der Waals surface area contributed by atoms with Crippen LogP contribution < -0.4 is 5.32 Å². The van der Waals surface area contributed by atoms with Crippen molar-refractivity contribution in [3.8, 4) is 0 Å². The van der Waals surface area contributed by atoms with Gasteiger partial charge < -0.3 is 5.32 Å². The van der Waals surface area contributed by atoms with Crippen LogP contribution in [-0.2, 0) is 6.54 Å². The fourth-order valence-electron chi connectivity index (χ4n) is 2.07.